The van der Waals surface area contributed by atoms with Gasteiger partial charge in [-0.15, -0.1) is 0 Å². The van der Waals surface area contributed by atoms with Gasteiger partial charge in [-0.2, -0.15) is 0 Å². The molecule has 0 bridgehead atoms. The van der Waals surface area contributed by atoms with E-state index < -0.39 is 7.59 Å². The van der Waals surface area contributed by atoms with Crippen LogP contribution in [0.4, 0.5) is 0 Å². The van der Waals surface area contributed by atoms with Crippen molar-refractivity contribution in [3.8, 4) is 0 Å². The summed E-state index contributed by atoms with van der Waals surface area (Å²) in [6, 6.07) is 0. The van der Waals surface area contributed by atoms with Crippen LogP contribution in [-0.4, -0.2) is 16.6 Å². The fourth-order valence-electron chi connectivity index (χ4n) is 1.59. The van der Waals surface area contributed by atoms with Gasteiger partial charge in [-0.1, -0.05) is 45.5 Å². The quantitative estimate of drug-likeness (QED) is 0.516. The first-order chi connectivity index (χ1) is 3.71. The van der Waals surface area contributed by atoms with Crippen LogP contribution in [0.3, 0.4) is 0 Å². The summed E-state index contributed by atoms with van der Waals surface area (Å²) in [7, 11) is -0.427. The van der Waals surface area contributed by atoms with E-state index in [1.54, 1.807) is 0 Å². The lowest BCUT2D eigenvalue weighted by Gasteiger charge is -2.26. The van der Waals surface area contributed by atoms with Crippen LogP contribution in [0.5, 0.6) is 0 Å². The van der Waals surface area contributed by atoms with Crippen LogP contribution in [0.2, 0.25) is 24.7 Å². The molecule has 0 radical (unpaired) electrons. The Bertz CT molecular complexity index is 72.1. The van der Waals surface area contributed by atoms with Crippen LogP contribution in [0, 0.1) is 0 Å². The van der Waals surface area contributed by atoms with Crippen molar-refractivity contribution in [1.82, 2.24) is 0 Å². The van der Waals surface area contributed by atoms with Crippen LogP contribution in [-0.2, 0) is 0 Å². The van der Waals surface area contributed by atoms with E-state index in [0.717, 1.165) is 0 Å². The molecule has 0 amide bonds. The van der Waals surface area contributed by atoms with Crippen LogP contribution in [0.1, 0.15) is 20.8 Å². The van der Waals surface area contributed by atoms with E-state index in [1.807, 2.05) is 0 Å². The highest BCUT2D eigenvalue weighted by molar-refractivity contribution is 7.23. The Morgan fingerprint density at radius 3 is 1.33 bits per heavy atom. The minimum atomic E-state index is -0.654. The summed E-state index contributed by atoms with van der Waals surface area (Å²) in [6.45, 7) is 14.6. The maximum absolute atomic E-state index is 2.49. The first-order valence-electron chi connectivity index (χ1n) is 3.71. The van der Waals surface area contributed by atoms with Gasteiger partial charge in [0.05, 0.1) is 0 Å². The molecule has 0 aromatic rings. The predicted molar refractivity (Wildman–Crippen MR) is 51.6 cm³/mol. The number of hydrogen-bond donors (Lipinski definition) is 0. The van der Waals surface area contributed by atoms with E-state index >= 15 is 0 Å². The third kappa shape index (κ3) is 8.43. The van der Waals surface area contributed by atoms with Crippen LogP contribution in [0.25, 0.3) is 0 Å². The molecule has 0 aliphatic rings. The molecule has 0 spiro atoms. The van der Waals surface area contributed by atoms with Crippen molar-refractivity contribution in [2.24, 2.45) is 0 Å². The number of rotatable bonds is 1. The summed E-state index contributed by atoms with van der Waals surface area (Å²) >= 11 is 0. The maximum Gasteiger partial charge on any atom is 0.0316 e. The van der Waals surface area contributed by atoms with Crippen molar-refractivity contribution >= 4 is 16.6 Å². The molecular weight excluding hydrogens is 140 g/mol. The second-order valence-corrected chi connectivity index (χ2v) is 20.3. The molecular formula is C7H20Si2. The van der Waals surface area contributed by atoms with E-state index in [1.165, 1.54) is 0 Å². The van der Waals surface area contributed by atoms with Crippen molar-refractivity contribution in [2.75, 3.05) is 0 Å². The molecule has 9 heavy (non-hydrogen) atoms. The molecule has 0 nitrogen and oxygen atoms in total. The minimum absolute atomic E-state index is 0.227. The Morgan fingerprint density at radius 2 is 1.33 bits per heavy atom. The monoisotopic (exact) mass is 160 g/mol. The Hall–Kier alpha value is 0.434. The normalized spacial score (nSPS) is 15.3. The summed E-state index contributed by atoms with van der Waals surface area (Å²) in [4.78, 5) is 0. The Labute approximate surface area is 62.7 Å². The van der Waals surface area contributed by atoms with Crippen molar-refractivity contribution in [1.29, 1.82) is 0 Å². The van der Waals surface area contributed by atoms with Crippen molar-refractivity contribution in [3.63, 3.8) is 0 Å². The summed E-state index contributed by atoms with van der Waals surface area (Å²) < 4.78 is 0. The summed E-state index contributed by atoms with van der Waals surface area (Å²) in [5.74, 6) is 0. The lowest BCUT2D eigenvalue weighted by molar-refractivity contribution is 0.761. The highest BCUT2D eigenvalue weighted by atomic mass is 29.2. The standard InChI is InChI=1S/C7H20Si2/c1-7(2,3)8-9(4,5)6/h8H2,1-6H3. The van der Waals surface area contributed by atoms with Crippen molar-refractivity contribution in [3.05, 3.63) is 0 Å². The predicted octanol–water partition coefficient (Wildman–Crippen LogP) is 2.21. The second kappa shape index (κ2) is 2.58. The first kappa shape index (κ1) is 9.43. The SMILES string of the molecule is CC(C)(C)[SiH2][Si](C)(C)C. The molecule has 0 aromatic carbocycles. The Morgan fingerprint density at radius 1 is 1.00 bits per heavy atom. The van der Waals surface area contributed by atoms with E-state index in [2.05, 4.69) is 40.4 Å². The van der Waals surface area contributed by atoms with Gasteiger partial charge in [0.25, 0.3) is 0 Å². The molecule has 2 heteroatoms. The topological polar surface area (TPSA) is 0 Å². The highest BCUT2D eigenvalue weighted by Gasteiger charge is 2.22. The fourth-order valence-corrected chi connectivity index (χ4v) is 14.3. The molecule has 0 heterocycles. The molecule has 0 aliphatic heterocycles. The zero-order valence-corrected chi connectivity index (χ0v) is 10.1. The van der Waals surface area contributed by atoms with Gasteiger partial charge in [-0.25, -0.2) is 0 Å². The maximum atomic E-state index is 2.49. The van der Waals surface area contributed by atoms with Gasteiger partial charge in [0.1, 0.15) is 0 Å². The van der Waals surface area contributed by atoms with Gasteiger partial charge in [-0.05, 0) is 0 Å². The number of hydrogen-bond acceptors (Lipinski definition) is 0. The second-order valence-electron chi connectivity index (χ2n) is 5.30. The third-order valence-electron chi connectivity index (χ3n) is 1.06. The minimum Gasteiger partial charge on any atom is -0.0719 e. The van der Waals surface area contributed by atoms with Gasteiger partial charge in [0, 0.05) is 16.6 Å². The molecule has 0 N–H and O–H groups in total. The van der Waals surface area contributed by atoms with E-state index in [-0.39, 0.29) is 9.04 Å². The van der Waals surface area contributed by atoms with E-state index in [4.69, 9.17) is 0 Å². The van der Waals surface area contributed by atoms with Crippen molar-refractivity contribution in [2.45, 2.75) is 45.5 Å². The molecule has 0 unspecified atom stereocenters. The van der Waals surface area contributed by atoms with Gasteiger partial charge in [0.15, 0.2) is 0 Å². The zero-order valence-electron chi connectivity index (χ0n) is 7.71. The fraction of sp³-hybridized carbons (Fsp3) is 1.00. The van der Waals surface area contributed by atoms with Crippen LogP contribution in [0.15, 0.2) is 0 Å². The third-order valence-corrected chi connectivity index (χ3v) is 9.55. The summed E-state index contributed by atoms with van der Waals surface area (Å²) in [5.41, 5.74) is 0. The zero-order chi connectivity index (χ0) is 7.71. The Balaban J connectivity index is 3.75. The molecule has 0 aliphatic carbocycles. The molecule has 0 atom stereocenters. The van der Waals surface area contributed by atoms with Crippen LogP contribution >= 0.6 is 0 Å². The highest BCUT2D eigenvalue weighted by Crippen LogP contribution is 2.24. The lowest BCUT2D eigenvalue weighted by Crippen LogP contribution is -2.35. The van der Waals surface area contributed by atoms with Gasteiger partial charge < -0.3 is 0 Å². The molecule has 0 rings (SSSR count). The molecule has 0 fully saturated rings. The Kier molecular flexibility index (Phi) is 2.71. The van der Waals surface area contributed by atoms with E-state index in [9.17, 15) is 0 Å². The van der Waals surface area contributed by atoms with Gasteiger partial charge in [-0.3, -0.25) is 0 Å². The molecule has 0 saturated heterocycles. The van der Waals surface area contributed by atoms with E-state index in [0.29, 0.717) is 5.04 Å². The van der Waals surface area contributed by atoms with Crippen molar-refractivity contribution < 1.29 is 0 Å². The molecule has 56 valence electrons. The summed E-state index contributed by atoms with van der Waals surface area (Å²) in [5, 5.41) is 0.685. The molecule has 0 saturated carbocycles. The van der Waals surface area contributed by atoms with Gasteiger partial charge in [0.2, 0.25) is 0 Å². The average Bonchev–Trinajstić information content (AvgIpc) is 1.14. The molecule has 0 aromatic heterocycles. The average molecular weight is 160 g/mol. The summed E-state index contributed by atoms with van der Waals surface area (Å²) in [6.07, 6.45) is 0. The largest absolute Gasteiger partial charge is 0.0719 e. The van der Waals surface area contributed by atoms with Crippen LogP contribution < -0.4 is 0 Å². The first-order valence-corrected chi connectivity index (χ1v) is 10.2. The smallest absolute Gasteiger partial charge is 0.0316 e. The van der Waals surface area contributed by atoms with Gasteiger partial charge >= 0.3 is 0 Å². The lowest BCUT2D eigenvalue weighted by atomic mass is 10.3.